The van der Waals surface area contributed by atoms with Crippen molar-refractivity contribution < 1.29 is 14.3 Å². The van der Waals surface area contributed by atoms with E-state index in [1.165, 1.54) is 0 Å². The molecule has 2 amide bonds. The topological polar surface area (TPSA) is 58.6 Å². The molecule has 5 nitrogen and oxygen atoms in total. The first-order valence-corrected chi connectivity index (χ1v) is 9.51. The maximum Gasteiger partial charge on any atom is 0.259 e. The van der Waals surface area contributed by atoms with Gasteiger partial charge in [-0.05, 0) is 56.0 Å². The number of hydrogen-bond donors (Lipinski definition) is 1. The number of anilines is 1. The molecule has 0 radical (unpaired) electrons. The quantitative estimate of drug-likeness (QED) is 0.862. The van der Waals surface area contributed by atoms with Crippen LogP contribution in [-0.4, -0.2) is 36.4 Å². The number of hydrogen-bond acceptors (Lipinski definition) is 3. The number of amides is 2. The van der Waals surface area contributed by atoms with Gasteiger partial charge in [0.1, 0.15) is 5.75 Å². The average Bonchev–Trinajstić information content (AvgIpc) is 2.69. The zero-order chi connectivity index (χ0) is 19.2. The molecule has 5 heteroatoms. The summed E-state index contributed by atoms with van der Waals surface area (Å²) in [6.45, 7) is 6.17. The van der Waals surface area contributed by atoms with E-state index >= 15 is 0 Å². The second kappa shape index (κ2) is 8.71. The third kappa shape index (κ3) is 4.67. The molecule has 0 unspecified atom stereocenters. The number of benzene rings is 2. The number of nitrogens with zero attached hydrogens (tertiary/aromatic N) is 1. The fraction of sp³-hybridized carbons (Fsp3) is 0.364. The molecule has 0 aliphatic carbocycles. The first kappa shape index (κ1) is 19.0. The van der Waals surface area contributed by atoms with E-state index in [-0.39, 0.29) is 11.8 Å². The number of para-hydroxylation sites is 1. The molecule has 0 saturated carbocycles. The number of likely N-dealkylation sites (tertiary alicyclic amines) is 1. The van der Waals surface area contributed by atoms with Gasteiger partial charge in [-0.15, -0.1) is 0 Å². The Hall–Kier alpha value is -2.82. The molecule has 1 aliphatic heterocycles. The lowest BCUT2D eigenvalue weighted by Gasteiger charge is -2.30. The Morgan fingerprint density at radius 2 is 1.85 bits per heavy atom. The molecule has 1 saturated heterocycles. The Morgan fingerprint density at radius 3 is 2.59 bits per heavy atom. The zero-order valence-corrected chi connectivity index (χ0v) is 15.9. The van der Waals surface area contributed by atoms with Gasteiger partial charge in [0.15, 0.2) is 0 Å². The first-order valence-electron chi connectivity index (χ1n) is 9.51. The van der Waals surface area contributed by atoms with E-state index in [4.69, 9.17) is 4.74 Å². The lowest BCUT2D eigenvalue weighted by Crippen LogP contribution is -2.37. The summed E-state index contributed by atoms with van der Waals surface area (Å²) in [5, 5.41) is 2.87. The van der Waals surface area contributed by atoms with E-state index in [0.717, 1.165) is 25.9 Å². The average molecular weight is 366 g/mol. The third-order valence-corrected chi connectivity index (χ3v) is 4.87. The highest BCUT2D eigenvalue weighted by Crippen LogP contribution is 2.22. The van der Waals surface area contributed by atoms with Crippen LogP contribution in [-0.2, 0) is 0 Å². The van der Waals surface area contributed by atoms with E-state index in [0.29, 0.717) is 35.1 Å². The van der Waals surface area contributed by atoms with Gasteiger partial charge in [-0.2, -0.15) is 0 Å². The molecular weight excluding hydrogens is 340 g/mol. The van der Waals surface area contributed by atoms with Crippen molar-refractivity contribution in [1.29, 1.82) is 0 Å². The molecule has 2 aromatic carbocycles. The van der Waals surface area contributed by atoms with Gasteiger partial charge in [-0.25, -0.2) is 0 Å². The molecular formula is C22H26N2O3. The van der Waals surface area contributed by atoms with Gasteiger partial charge in [0.2, 0.25) is 0 Å². The van der Waals surface area contributed by atoms with E-state index in [1.807, 2.05) is 17.9 Å². The fourth-order valence-corrected chi connectivity index (χ4v) is 3.26. The van der Waals surface area contributed by atoms with Crippen molar-refractivity contribution in [2.75, 3.05) is 25.0 Å². The molecule has 2 aromatic rings. The van der Waals surface area contributed by atoms with Gasteiger partial charge in [0.25, 0.3) is 11.8 Å². The monoisotopic (exact) mass is 366 g/mol. The third-order valence-electron chi connectivity index (χ3n) is 4.87. The van der Waals surface area contributed by atoms with Gasteiger partial charge in [0.05, 0.1) is 12.2 Å². The molecule has 1 aliphatic rings. The summed E-state index contributed by atoms with van der Waals surface area (Å²) in [6, 6.07) is 14.3. The van der Waals surface area contributed by atoms with E-state index in [1.54, 1.807) is 42.5 Å². The number of ether oxygens (including phenoxy) is 1. The summed E-state index contributed by atoms with van der Waals surface area (Å²) in [4.78, 5) is 27.3. The molecule has 0 spiro atoms. The Morgan fingerprint density at radius 1 is 1.11 bits per heavy atom. The number of carbonyl (C=O) groups excluding carboxylic acids is 2. The van der Waals surface area contributed by atoms with Gasteiger partial charge >= 0.3 is 0 Å². The number of nitrogens with one attached hydrogen (secondary N) is 1. The second-order valence-electron chi connectivity index (χ2n) is 6.94. The molecule has 1 N–H and O–H groups in total. The fourth-order valence-electron chi connectivity index (χ4n) is 3.26. The highest BCUT2D eigenvalue weighted by atomic mass is 16.5. The summed E-state index contributed by atoms with van der Waals surface area (Å²) in [5.41, 5.74) is 1.67. The Kier molecular flexibility index (Phi) is 6.12. The minimum Gasteiger partial charge on any atom is -0.493 e. The van der Waals surface area contributed by atoms with Crippen molar-refractivity contribution in [2.24, 2.45) is 5.92 Å². The van der Waals surface area contributed by atoms with Gasteiger partial charge in [-0.1, -0.05) is 25.1 Å². The van der Waals surface area contributed by atoms with Crippen molar-refractivity contribution in [3.63, 3.8) is 0 Å². The molecule has 0 aromatic heterocycles. The molecule has 3 rings (SSSR count). The Balaban J connectivity index is 1.72. The molecule has 142 valence electrons. The maximum absolute atomic E-state index is 12.7. The van der Waals surface area contributed by atoms with Crippen LogP contribution in [0.3, 0.4) is 0 Å². The predicted octanol–water partition coefficient (Wildman–Crippen LogP) is 4.21. The molecule has 1 heterocycles. The van der Waals surface area contributed by atoms with Crippen molar-refractivity contribution in [3.8, 4) is 5.75 Å². The first-order chi connectivity index (χ1) is 13.1. The summed E-state index contributed by atoms with van der Waals surface area (Å²) in [7, 11) is 0. The van der Waals surface area contributed by atoms with Gasteiger partial charge in [0, 0.05) is 24.3 Å². The minimum atomic E-state index is -0.254. The van der Waals surface area contributed by atoms with Crippen molar-refractivity contribution in [2.45, 2.75) is 26.7 Å². The summed E-state index contributed by atoms with van der Waals surface area (Å²) >= 11 is 0. The lowest BCUT2D eigenvalue weighted by molar-refractivity contribution is 0.0697. The normalized spacial score (nSPS) is 14.7. The van der Waals surface area contributed by atoms with E-state index in [2.05, 4.69) is 12.2 Å². The molecule has 27 heavy (non-hydrogen) atoms. The van der Waals surface area contributed by atoms with Crippen LogP contribution in [0, 0.1) is 5.92 Å². The predicted molar refractivity (Wildman–Crippen MR) is 106 cm³/mol. The molecule has 0 bridgehead atoms. The van der Waals surface area contributed by atoms with Crippen LogP contribution in [0.2, 0.25) is 0 Å². The summed E-state index contributed by atoms with van der Waals surface area (Å²) < 4.78 is 5.52. The molecule has 1 fully saturated rings. The summed E-state index contributed by atoms with van der Waals surface area (Å²) in [5.74, 6) is 0.986. The second-order valence-corrected chi connectivity index (χ2v) is 6.94. The largest absolute Gasteiger partial charge is 0.493 e. The Bertz CT molecular complexity index is 811. The van der Waals surface area contributed by atoms with E-state index < -0.39 is 0 Å². The van der Waals surface area contributed by atoms with Crippen molar-refractivity contribution >= 4 is 17.5 Å². The number of rotatable bonds is 5. The summed E-state index contributed by atoms with van der Waals surface area (Å²) in [6.07, 6.45) is 2.08. The smallest absolute Gasteiger partial charge is 0.259 e. The van der Waals surface area contributed by atoms with Gasteiger partial charge in [-0.3, -0.25) is 9.59 Å². The SMILES string of the molecule is CCOc1ccccc1C(=O)Nc1cccc(C(=O)N2CCC(C)CC2)c1. The highest BCUT2D eigenvalue weighted by Gasteiger charge is 2.21. The van der Waals surface area contributed by atoms with Crippen LogP contribution >= 0.6 is 0 Å². The minimum absolute atomic E-state index is 0.0210. The standard InChI is InChI=1S/C22H26N2O3/c1-3-27-20-10-5-4-9-19(20)21(25)23-18-8-6-7-17(15-18)22(26)24-13-11-16(2)12-14-24/h4-10,15-16H,3,11-14H2,1-2H3,(H,23,25). The van der Waals surface area contributed by atoms with Crippen LogP contribution in [0.5, 0.6) is 5.75 Å². The lowest BCUT2D eigenvalue weighted by atomic mass is 9.98. The van der Waals surface area contributed by atoms with Gasteiger partial charge < -0.3 is 15.0 Å². The number of piperidine rings is 1. The van der Waals surface area contributed by atoms with Crippen molar-refractivity contribution in [1.82, 2.24) is 4.90 Å². The highest BCUT2D eigenvalue weighted by molar-refractivity contribution is 6.06. The van der Waals surface area contributed by atoms with Crippen LogP contribution in [0.25, 0.3) is 0 Å². The van der Waals surface area contributed by atoms with Crippen LogP contribution in [0.1, 0.15) is 47.4 Å². The van der Waals surface area contributed by atoms with Crippen molar-refractivity contribution in [3.05, 3.63) is 59.7 Å². The molecule has 0 atom stereocenters. The van der Waals surface area contributed by atoms with Crippen LogP contribution in [0.4, 0.5) is 5.69 Å². The maximum atomic E-state index is 12.7. The Labute approximate surface area is 160 Å². The van der Waals surface area contributed by atoms with E-state index in [9.17, 15) is 9.59 Å². The number of carbonyl (C=O) groups is 2. The van der Waals surface area contributed by atoms with Crippen LogP contribution in [0.15, 0.2) is 48.5 Å². The van der Waals surface area contributed by atoms with Crippen LogP contribution < -0.4 is 10.1 Å². The zero-order valence-electron chi connectivity index (χ0n) is 15.9.